The van der Waals surface area contributed by atoms with E-state index in [0.29, 0.717) is 5.82 Å². The van der Waals surface area contributed by atoms with Gasteiger partial charge in [0, 0.05) is 26.6 Å². The van der Waals surface area contributed by atoms with Crippen LogP contribution in [-0.4, -0.2) is 34.3 Å². The van der Waals surface area contributed by atoms with Gasteiger partial charge in [0.1, 0.15) is 6.10 Å². The highest BCUT2D eigenvalue weighted by Gasteiger charge is 2.19. The van der Waals surface area contributed by atoms with E-state index in [1.807, 2.05) is 0 Å². The van der Waals surface area contributed by atoms with E-state index >= 15 is 0 Å². The number of aromatic nitrogens is 2. The summed E-state index contributed by atoms with van der Waals surface area (Å²) in [5.74, 6) is -0.214. The number of rotatable bonds is 5. The van der Waals surface area contributed by atoms with Gasteiger partial charge in [-0.1, -0.05) is 0 Å². The number of ether oxygens (including phenoxy) is 1. The van der Waals surface area contributed by atoms with Crippen molar-refractivity contribution in [2.45, 2.75) is 19.4 Å². The van der Waals surface area contributed by atoms with E-state index in [-0.39, 0.29) is 18.0 Å². The summed E-state index contributed by atoms with van der Waals surface area (Å²) >= 11 is 0. The molecule has 1 aromatic rings. The molecule has 0 aromatic carbocycles. The Morgan fingerprint density at radius 3 is 2.73 bits per heavy atom. The minimum Gasteiger partial charge on any atom is -0.374 e. The van der Waals surface area contributed by atoms with Crippen LogP contribution in [0.3, 0.4) is 0 Å². The molecule has 0 N–H and O–H groups in total. The molecular weight excluding hydrogens is 196 g/mol. The summed E-state index contributed by atoms with van der Waals surface area (Å²) in [5, 5.41) is 0. The molecular formula is C10H14N2O3. The maximum Gasteiger partial charge on any atom is 0.205 e. The monoisotopic (exact) mass is 210 g/mol. The lowest BCUT2D eigenvalue weighted by Gasteiger charge is -2.06. The average Bonchev–Trinajstić information content (AvgIpc) is 2.63. The molecule has 0 saturated heterocycles. The summed E-state index contributed by atoms with van der Waals surface area (Å²) in [5.41, 5.74) is 0. The molecule has 5 nitrogen and oxygen atoms in total. The molecule has 0 amide bonds. The number of Topliss-reactive ketones (excluding diaryl/α,β-unsaturated/α-hetero) is 2. The van der Waals surface area contributed by atoms with Gasteiger partial charge in [0.25, 0.3) is 0 Å². The van der Waals surface area contributed by atoms with Gasteiger partial charge >= 0.3 is 0 Å². The zero-order chi connectivity index (χ0) is 11.4. The van der Waals surface area contributed by atoms with Crippen LogP contribution in [0.2, 0.25) is 0 Å². The Morgan fingerprint density at radius 1 is 1.60 bits per heavy atom. The van der Waals surface area contributed by atoms with Crippen LogP contribution in [0, 0.1) is 0 Å². The van der Waals surface area contributed by atoms with Gasteiger partial charge in [-0.3, -0.25) is 9.59 Å². The first-order chi connectivity index (χ1) is 7.06. The van der Waals surface area contributed by atoms with Gasteiger partial charge in [0.2, 0.25) is 5.78 Å². The maximum atomic E-state index is 11.6. The second-order valence-electron chi connectivity index (χ2n) is 3.31. The van der Waals surface area contributed by atoms with Crippen LogP contribution in [0.5, 0.6) is 0 Å². The van der Waals surface area contributed by atoms with Crippen molar-refractivity contribution >= 4 is 11.6 Å². The summed E-state index contributed by atoms with van der Waals surface area (Å²) in [6.45, 7) is 1.62. The highest BCUT2D eigenvalue weighted by molar-refractivity contribution is 6.07. The fraction of sp³-hybridized carbons (Fsp3) is 0.500. The van der Waals surface area contributed by atoms with Gasteiger partial charge in [-0.15, -0.1) is 0 Å². The third-order valence-electron chi connectivity index (χ3n) is 2.21. The summed E-state index contributed by atoms with van der Waals surface area (Å²) < 4.78 is 6.42. The first kappa shape index (κ1) is 11.6. The SMILES string of the molecule is COC(C)C(=O)CC(=O)c1nccn1C. The van der Waals surface area contributed by atoms with Crippen molar-refractivity contribution in [3.63, 3.8) is 0 Å². The van der Waals surface area contributed by atoms with Crippen LogP contribution >= 0.6 is 0 Å². The van der Waals surface area contributed by atoms with E-state index in [0.717, 1.165) is 0 Å². The number of methoxy groups -OCH3 is 1. The highest BCUT2D eigenvalue weighted by Crippen LogP contribution is 2.03. The number of ketones is 2. The molecule has 0 bridgehead atoms. The predicted molar refractivity (Wildman–Crippen MR) is 53.6 cm³/mol. The molecule has 0 saturated carbocycles. The second kappa shape index (κ2) is 4.84. The largest absolute Gasteiger partial charge is 0.374 e. The van der Waals surface area contributed by atoms with Crippen molar-refractivity contribution in [2.24, 2.45) is 7.05 Å². The summed E-state index contributed by atoms with van der Waals surface area (Å²) in [4.78, 5) is 26.9. The Hall–Kier alpha value is -1.49. The van der Waals surface area contributed by atoms with E-state index in [1.165, 1.54) is 13.3 Å². The van der Waals surface area contributed by atoms with Gasteiger partial charge in [-0.25, -0.2) is 4.98 Å². The number of carbonyl (C=O) groups excluding carboxylic acids is 2. The van der Waals surface area contributed by atoms with E-state index in [9.17, 15) is 9.59 Å². The minimum absolute atomic E-state index is 0.167. The number of nitrogens with zero attached hydrogens (tertiary/aromatic N) is 2. The average molecular weight is 210 g/mol. The standard InChI is InChI=1S/C10H14N2O3/c1-7(15-3)8(13)6-9(14)10-11-4-5-12(10)2/h4-5,7H,6H2,1-3H3. The Labute approximate surface area is 88.1 Å². The molecule has 82 valence electrons. The minimum atomic E-state index is -0.547. The molecule has 1 aromatic heterocycles. The van der Waals surface area contributed by atoms with Gasteiger partial charge in [-0.05, 0) is 6.92 Å². The quantitative estimate of drug-likeness (QED) is 0.527. The van der Waals surface area contributed by atoms with Crippen LogP contribution in [0.1, 0.15) is 24.0 Å². The number of carbonyl (C=O) groups is 2. The first-order valence-electron chi connectivity index (χ1n) is 4.62. The zero-order valence-electron chi connectivity index (χ0n) is 9.06. The molecule has 0 radical (unpaired) electrons. The van der Waals surface area contributed by atoms with Crippen LogP contribution in [0.15, 0.2) is 12.4 Å². The molecule has 1 heterocycles. The number of imidazole rings is 1. The highest BCUT2D eigenvalue weighted by atomic mass is 16.5. The van der Waals surface area contributed by atoms with E-state index in [4.69, 9.17) is 4.74 Å². The lowest BCUT2D eigenvalue weighted by atomic mass is 10.1. The van der Waals surface area contributed by atoms with Crippen molar-refractivity contribution < 1.29 is 14.3 Å². The Kier molecular flexibility index (Phi) is 3.74. The maximum absolute atomic E-state index is 11.6. The molecule has 0 fully saturated rings. The predicted octanol–water partition coefficient (Wildman–Crippen LogP) is 0.597. The van der Waals surface area contributed by atoms with Gasteiger partial charge in [0.05, 0.1) is 6.42 Å². The molecule has 1 rings (SSSR count). The number of aryl methyl sites for hydroxylation is 1. The summed E-state index contributed by atoms with van der Waals surface area (Å²) in [6, 6.07) is 0. The number of hydrogen-bond acceptors (Lipinski definition) is 4. The van der Waals surface area contributed by atoms with Gasteiger partial charge in [-0.2, -0.15) is 0 Å². The third kappa shape index (κ3) is 2.73. The van der Waals surface area contributed by atoms with Crippen molar-refractivity contribution in [1.82, 2.24) is 9.55 Å². The summed E-state index contributed by atoms with van der Waals surface area (Å²) in [7, 11) is 3.15. The van der Waals surface area contributed by atoms with E-state index in [2.05, 4.69) is 4.98 Å². The lowest BCUT2D eigenvalue weighted by Crippen LogP contribution is -2.23. The lowest BCUT2D eigenvalue weighted by molar-refractivity contribution is -0.126. The van der Waals surface area contributed by atoms with Crippen LogP contribution in [0.4, 0.5) is 0 Å². The summed E-state index contributed by atoms with van der Waals surface area (Å²) in [6.07, 6.45) is 2.48. The van der Waals surface area contributed by atoms with Crippen molar-refractivity contribution in [3.8, 4) is 0 Å². The molecule has 0 aliphatic heterocycles. The topological polar surface area (TPSA) is 61.2 Å². The van der Waals surface area contributed by atoms with Crippen molar-refractivity contribution in [3.05, 3.63) is 18.2 Å². The fourth-order valence-corrected chi connectivity index (χ4v) is 1.15. The Bertz CT molecular complexity index is 370. The third-order valence-corrected chi connectivity index (χ3v) is 2.21. The van der Waals surface area contributed by atoms with Crippen molar-refractivity contribution in [1.29, 1.82) is 0 Å². The molecule has 0 aliphatic rings. The normalized spacial score (nSPS) is 12.5. The molecule has 0 aliphatic carbocycles. The van der Waals surface area contributed by atoms with Crippen LogP contribution in [-0.2, 0) is 16.6 Å². The zero-order valence-corrected chi connectivity index (χ0v) is 9.06. The molecule has 5 heteroatoms. The van der Waals surface area contributed by atoms with E-state index in [1.54, 1.807) is 24.7 Å². The van der Waals surface area contributed by atoms with Crippen molar-refractivity contribution in [2.75, 3.05) is 7.11 Å². The Balaban J connectivity index is 2.65. The first-order valence-corrected chi connectivity index (χ1v) is 4.62. The molecule has 0 spiro atoms. The molecule has 1 atom stereocenters. The smallest absolute Gasteiger partial charge is 0.205 e. The van der Waals surface area contributed by atoms with Gasteiger partial charge < -0.3 is 9.30 Å². The second-order valence-corrected chi connectivity index (χ2v) is 3.31. The Morgan fingerprint density at radius 2 is 2.27 bits per heavy atom. The molecule has 15 heavy (non-hydrogen) atoms. The number of hydrogen-bond donors (Lipinski definition) is 0. The fourth-order valence-electron chi connectivity index (χ4n) is 1.15. The molecule has 1 unspecified atom stereocenters. The van der Waals surface area contributed by atoms with Crippen LogP contribution < -0.4 is 0 Å². The van der Waals surface area contributed by atoms with E-state index < -0.39 is 6.10 Å². The van der Waals surface area contributed by atoms with Crippen LogP contribution in [0.25, 0.3) is 0 Å². The van der Waals surface area contributed by atoms with Gasteiger partial charge in [0.15, 0.2) is 11.6 Å².